The topological polar surface area (TPSA) is 104 Å². The zero-order chi connectivity index (χ0) is 28.3. The number of fused-ring (bicyclic) bond motifs is 1. The molecule has 0 saturated heterocycles. The largest absolute Gasteiger partial charge is 0.481 e. The summed E-state index contributed by atoms with van der Waals surface area (Å²) in [5, 5.41) is 29.1. The number of carbonyl (C=O) groups excluding carboxylic acids is 1. The molecule has 0 aromatic heterocycles. The normalized spacial score (nSPS) is 33.8. The van der Waals surface area contributed by atoms with Crippen LogP contribution in [-0.2, 0) is 14.3 Å². The van der Waals surface area contributed by atoms with Crippen LogP contribution in [0, 0.1) is 29.1 Å². The van der Waals surface area contributed by atoms with Crippen molar-refractivity contribution in [2.45, 2.75) is 91.3 Å². The minimum atomic E-state index is -3.09. The van der Waals surface area contributed by atoms with Crippen molar-refractivity contribution in [3.63, 3.8) is 0 Å². The van der Waals surface area contributed by atoms with Gasteiger partial charge in [-0.2, -0.15) is 0 Å². The second-order valence-corrected chi connectivity index (χ2v) is 9.21. The van der Waals surface area contributed by atoms with E-state index >= 15 is 0 Å². The van der Waals surface area contributed by atoms with Crippen LogP contribution in [0.25, 0.3) is 0 Å². The van der Waals surface area contributed by atoms with Crippen LogP contribution in [-0.4, -0.2) is 45.6 Å². The van der Waals surface area contributed by atoms with Gasteiger partial charge in [0.2, 0.25) is 0 Å². The first-order chi connectivity index (χ1) is 16.9. The number of allylic oxidation sites excluding steroid dienone is 3. The summed E-state index contributed by atoms with van der Waals surface area (Å²) in [6.07, 6.45) is 3.39. The number of aliphatic carboxylic acids is 1. The van der Waals surface area contributed by atoms with Gasteiger partial charge in [0.05, 0.1) is 24.0 Å². The second kappa shape index (κ2) is 10.8. The number of esters is 1. The Kier molecular flexibility index (Phi) is 6.20. The third-order valence-electron chi connectivity index (χ3n) is 6.52. The van der Waals surface area contributed by atoms with E-state index in [2.05, 4.69) is 6.08 Å². The Bertz CT molecular complexity index is 866. The molecule has 31 heavy (non-hydrogen) atoms. The highest BCUT2D eigenvalue weighted by molar-refractivity contribution is 5.76. The van der Waals surface area contributed by atoms with E-state index in [9.17, 15) is 19.8 Å². The van der Waals surface area contributed by atoms with Gasteiger partial charge in [0, 0.05) is 14.1 Å². The molecule has 6 heteroatoms. The first-order valence-electron chi connectivity index (χ1n) is 14.1. The van der Waals surface area contributed by atoms with Crippen LogP contribution in [0.15, 0.2) is 23.8 Å². The summed E-state index contributed by atoms with van der Waals surface area (Å²) in [6.45, 7) is -0.893. The summed E-state index contributed by atoms with van der Waals surface area (Å²) >= 11 is 0. The summed E-state index contributed by atoms with van der Waals surface area (Å²) in [7, 11) is 0. The number of carboxylic acid groups (broad SMARTS) is 1. The Morgan fingerprint density at radius 2 is 2.00 bits per heavy atom. The Morgan fingerprint density at radius 1 is 1.29 bits per heavy atom. The third-order valence-corrected chi connectivity index (χ3v) is 6.52. The van der Waals surface area contributed by atoms with Gasteiger partial charge in [0.15, 0.2) is 0 Å². The average Bonchev–Trinajstić information content (AvgIpc) is 2.71. The van der Waals surface area contributed by atoms with Crippen LogP contribution in [0.2, 0.25) is 0 Å². The van der Waals surface area contributed by atoms with Crippen molar-refractivity contribution >= 4 is 11.9 Å². The van der Waals surface area contributed by atoms with Crippen molar-refractivity contribution in [2.75, 3.05) is 0 Å². The molecule has 2 rings (SSSR count). The Morgan fingerprint density at radius 3 is 2.61 bits per heavy atom. The van der Waals surface area contributed by atoms with Crippen LogP contribution >= 0.6 is 0 Å². The minimum absolute atomic E-state index is 0.0102. The van der Waals surface area contributed by atoms with E-state index in [0.717, 1.165) is 5.57 Å². The van der Waals surface area contributed by atoms with E-state index in [0.29, 0.717) is 12.8 Å². The van der Waals surface area contributed by atoms with Crippen molar-refractivity contribution in [3.8, 4) is 0 Å². The molecule has 2 aliphatic carbocycles. The van der Waals surface area contributed by atoms with Crippen LogP contribution in [0.4, 0.5) is 0 Å². The summed E-state index contributed by atoms with van der Waals surface area (Å²) in [5.41, 5.74) is -1.72. The SMILES string of the molecule is [2H]C([2H])([2H])C(CC)(C(=O)O[C@H]1C[C@@H](C)C=C2C=C[C@H](C)[C@H](CC[C@H](O)C[C@H](O)CC(=O)O)[C@H]21)C([2H])([2H])[2H]. The van der Waals surface area contributed by atoms with Crippen LogP contribution in [0.3, 0.4) is 0 Å². The lowest BCUT2D eigenvalue weighted by molar-refractivity contribution is -0.164. The standard InChI is InChI=1S/C25H40O6/c1-6-25(4,5)24(30)31-21-12-15(2)11-17-8-7-16(3)20(23(17)21)10-9-18(26)13-19(27)14-22(28)29/h7-8,11,15-16,18-21,23,26-27H,6,9-10,12-14H2,1-5H3,(H,28,29)/t15-,16-,18-,19-,20-,21-,23-/m0/s1/i4D3,5D3. The number of hydrogen-bond donors (Lipinski definition) is 3. The fourth-order valence-electron chi connectivity index (χ4n) is 4.71. The highest BCUT2D eigenvalue weighted by Gasteiger charge is 2.42. The molecule has 0 fully saturated rings. The second-order valence-electron chi connectivity index (χ2n) is 9.21. The lowest BCUT2D eigenvalue weighted by Crippen LogP contribution is -2.43. The van der Waals surface area contributed by atoms with E-state index in [1.165, 1.54) is 6.92 Å². The number of aliphatic hydroxyl groups excluding tert-OH is 2. The summed E-state index contributed by atoms with van der Waals surface area (Å²) in [6, 6.07) is 0. The van der Waals surface area contributed by atoms with Gasteiger partial charge in [-0.15, -0.1) is 0 Å². The monoisotopic (exact) mass is 442 g/mol. The van der Waals surface area contributed by atoms with E-state index in [-0.39, 0.29) is 36.5 Å². The Balaban J connectivity index is 2.31. The fraction of sp³-hybridized carbons (Fsp3) is 0.760. The molecule has 0 saturated carbocycles. The number of ether oxygens (including phenoxy) is 1. The average molecular weight is 443 g/mol. The zero-order valence-corrected chi connectivity index (χ0v) is 18.6. The molecule has 7 atom stereocenters. The maximum absolute atomic E-state index is 13.4. The predicted molar refractivity (Wildman–Crippen MR) is 119 cm³/mol. The molecule has 0 radical (unpaired) electrons. The zero-order valence-electron chi connectivity index (χ0n) is 24.6. The molecule has 0 unspecified atom stereocenters. The minimum Gasteiger partial charge on any atom is -0.481 e. The van der Waals surface area contributed by atoms with Crippen molar-refractivity contribution in [1.29, 1.82) is 0 Å². The number of carboxylic acids is 1. The number of rotatable bonds is 10. The van der Waals surface area contributed by atoms with Gasteiger partial charge in [-0.1, -0.05) is 39.0 Å². The van der Waals surface area contributed by atoms with Gasteiger partial charge in [-0.05, 0) is 69.1 Å². The number of aliphatic hydroxyl groups is 2. The fourth-order valence-corrected chi connectivity index (χ4v) is 4.71. The molecule has 0 heterocycles. The van der Waals surface area contributed by atoms with Gasteiger partial charge >= 0.3 is 11.9 Å². The van der Waals surface area contributed by atoms with Crippen molar-refractivity contribution in [2.24, 2.45) is 29.1 Å². The van der Waals surface area contributed by atoms with E-state index in [1.54, 1.807) is 0 Å². The highest BCUT2D eigenvalue weighted by atomic mass is 16.5. The molecule has 2 aliphatic rings. The molecule has 6 nitrogen and oxygen atoms in total. The first kappa shape index (κ1) is 17.8. The summed E-state index contributed by atoms with van der Waals surface area (Å²) < 4.78 is 53.3. The maximum Gasteiger partial charge on any atom is 0.311 e. The molecule has 176 valence electrons. The van der Waals surface area contributed by atoms with Gasteiger partial charge in [-0.3, -0.25) is 9.59 Å². The van der Waals surface area contributed by atoms with Gasteiger partial charge in [0.25, 0.3) is 0 Å². The molecule has 0 aliphatic heterocycles. The van der Waals surface area contributed by atoms with Gasteiger partial charge in [-0.25, -0.2) is 0 Å². The smallest absolute Gasteiger partial charge is 0.311 e. The maximum atomic E-state index is 13.4. The van der Waals surface area contributed by atoms with Gasteiger partial charge < -0.3 is 20.1 Å². The van der Waals surface area contributed by atoms with Crippen LogP contribution < -0.4 is 0 Å². The third kappa shape index (κ3) is 6.91. The van der Waals surface area contributed by atoms with Crippen molar-refractivity contribution in [3.05, 3.63) is 23.8 Å². The van der Waals surface area contributed by atoms with Crippen LogP contribution in [0.5, 0.6) is 0 Å². The lowest BCUT2D eigenvalue weighted by atomic mass is 9.65. The van der Waals surface area contributed by atoms with Crippen molar-refractivity contribution in [1.82, 2.24) is 0 Å². The van der Waals surface area contributed by atoms with E-state index in [1.807, 2.05) is 26.0 Å². The number of carbonyl (C=O) groups is 2. The van der Waals surface area contributed by atoms with Crippen molar-refractivity contribution < 1.29 is 37.9 Å². The molecule has 0 spiro atoms. The number of hydrogen-bond acceptors (Lipinski definition) is 5. The molecular formula is C25H40O6. The van der Waals surface area contributed by atoms with E-state index in [4.69, 9.17) is 18.1 Å². The highest BCUT2D eigenvalue weighted by Crippen LogP contribution is 2.45. The molecule has 0 aromatic rings. The summed E-state index contributed by atoms with van der Waals surface area (Å²) in [5.74, 6) is -2.79. The predicted octanol–water partition coefficient (Wildman–Crippen LogP) is 4.11. The van der Waals surface area contributed by atoms with Crippen LogP contribution in [0.1, 0.15) is 81.2 Å². The quantitative estimate of drug-likeness (QED) is 0.440. The first-order valence-corrected chi connectivity index (χ1v) is 11.1. The van der Waals surface area contributed by atoms with Gasteiger partial charge in [0.1, 0.15) is 6.10 Å². The molecule has 3 N–H and O–H groups in total. The molecular weight excluding hydrogens is 396 g/mol. The molecule has 0 aromatic carbocycles. The Labute approximate surface area is 194 Å². The molecule has 0 bridgehead atoms. The lowest BCUT2D eigenvalue weighted by Gasteiger charge is -2.44. The Hall–Kier alpha value is -1.66. The summed E-state index contributed by atoms with van der Waals surface area (Å²) in [4.78, 5) is 24.2. The molecule has 0 amide bonds. The van der Waals surface area contributed by atoms with E-state index < -0.39 is 62.2 Å².